The molecule has 1 aromatic heterocycles. The number of hydrogen-bond acceptors (Lipinski definition) is 4. The number of rotatable bonds is 7. The fourth-order valence-corrected chi connectivity index (χ4v) is 3.17. The Morgan fingerprint density at radius 1 is 1.38 bits per heavy atom. The highest BCUT2D eigenvalue weighted by molar-refractivity contribution is 7.89. The van der Waals surface area contributed by atoms with Crippen molar-refractivity contribution in [3.8, 4) is 0 Å². The third-order valence-corrected chi connectivity index (χ3v) is 4.45. The lowest BCUT2D eigenvalue weighted by Crippen LogP contribution is -2.27. The predicted octanol–water partition coefficient (Wildman–Crippen LogP) is 1.70. The van der Waals surface area contributed by atoms with Crippen LogP contribution in [0.2, 0.25) is 0 Å². The number of ether oxygens (including phenoxy) is 1. The minimum absolute atomic E-state index is 0.223. The van der Waals surface area contributed by atoms with Crippen molar-refractivity contribution in [1.82, 2.24) is 9.71 Å². The lowest BCUT2D eigenvalue weighted by atomic mass is 10.2. The number of H-pyrrole nitrogens is 1. The van der Waals surface area contributed by atoms with Gasteiger partial charge >= 0.3 is 0 Å². The minimum Gasteiger partial charge on any atom is -0.399 e. The Hall–Kier alpha value is -1.57. The van der Waals surface area contributed by atoms with E-state index in [2.05, 4.69) is 9.71 Å². The van der Waals surface area contributed by atoms with E-state index in [0.29, 0.717) is 35.7 Å². The van der Waals surface area contributed by atoms with Gasteiger partial charge in [0.2, 0.25) is 10.0 Å². The zero-order valence-corrected chi connectivity index (χ0v) is 13.0. The maximum atomic E-state index is 12.3. The summed E-state index contributed by atoms with van der Waals surface area (Å²) >= 11 is 0. The number of anilines is 1. The van der Waals surface area contributed by atoms with E-state index in [4.69, 9.17) is 10.5 Å². The van der Waals surface area contributed by atoms with Crippen LogP contribution in [0.25, 0.3) is 10.9 Å². The number of benzene rings is 1. The smallest absolute Gasteiger partial charge is 0.242 e. The molecule has 116 valence electrons. The van der Waals surface area contributed by atoms with Crippen molar-refractivity contribution < 1.29 is 13.2 Å². The first-order chi connectivity index (χ1) is 9.90. The summed E-state index contributed by atoms with van der Waals surface area (Å²) in [6.07, 6.45) is 1.47. The summed E-state index contributed by atoms with van der Waals surface area (Å²) in [7, 11) is -3.56. The molecule has 4 N–H and O–H groups in total. The summed E-state index contributed by atoms with van der Waals surface area (Å²) in [6.45, 7) is 5.31. The fourth-order valence-electron chi connectivity index (χ4n) is 1.98. The predicted molar refractivity (Wildman–Crippen MR) is 83.6 cm³/mol. The molecule has 7 heteroatoms. The Kier molecular flexibility index (Phi) is 4.87. The molecule has 0 radical (unpaired) electrons. The first-order valence-corrected chi connectivity index (χ1v) is 8.32. The van der Waals surface area contributed by atoms with E-state index in [1.165, 1.54) is 6.20 Å². The highest BCUT2D eigenvalue weighted by Crippen LogP contribution is 2.24. The molecule has 2 aromatic rings. The lowest BCUT2D eigenvalue weighted by Gasteiger charge is -2.08. The summed E-state index contributed by atoms with van der Waals surface area (Å²) in [4.78, 5) is 3.14. The van der Waals surface area contributed by atoms with Gasteiger partial charge in [-0.2, -0.15) is 0 Å². The maximum absolute atomic E-state index is 12.3. The molecule has 0 fully saturated rings. The molecule has 0 spiro atoms. The molecule has 6 nitrogen and oxygen atoms in total. The second kappa shape index (κ2) is 6.46. The Labute approximate surface area is 124 Å². The molecule has 0 saturated carbocycles. The molecule has 0 aliphatic rings. The van der Waals surface area contributed by atoms with Crippen molar-refractivity contribution in [2.24, 2.45) is 5.92 Å². The summed E-state index contributed by atoms with van der Waals surface area (Å²) in [5.74, 6) is 0.431. The number of nitrogens with two attached hydrogens (primary N) is 1. The number of hydrogen-bond donors (Lipinski definition) is 3. The Morgan fingerprint density at radius 2 is 2.14 bits per heavy atom. The largest absolute Gasteiger partial charge is 0.399 e. The molecular weight excluding hydrogens is 290 g/mol. The van der Waals surface area contributed by atoms with Gasteiger partial charge in [0.1, 0.15) is 4.90 Å². The summed E-state index contributed by atoms with van der Waals surface area (Å²) in [5.41, 5.74) is 6.97. The van der Waals surface area contributed by atoms with Crippen LogP contribution in [0.4, 0.5) is 5.69 Å². The van der Waals surface area contributed by atoms with Crippen molar-refractivity contribution >= 4 is 26.6 Å². The first kappa shape index (κ1) is 15.8. The quantitative estimate of drug-likeness (QED) is 0.535. The maximum Gasteiger partial charge on any atom is 0.242 e. The zero-order chi connectivity index (χ0) is 15.5. The highest BCUT2D eigenvalue weighted by atomic mass is 32.2. The first-order valence-electron chi connectivity index (χ1n) is 6.84. The van der Waals surface area contributed by atoms with Gasteiger partial charge in [0, 0.05) is 35.9 Å². The third-order valence-electron chi connectivity index (χ3n) is 2.95. The fraction of sp³-hybridized carbons (Fsp3) is 0.429. The molecule has 0 bridgehead atoms. The van der Waals surface area contributed by atoms with Gasteiger partial charge in [-0.25, -0.2) is 13.1 Å². The van der Waals surface area contributed by atoms with Crippen LogP contribution in [0.3, 0.4) is 0 Å². The monoisotopic (exact) mass is 311 g/mol. The third kappa shape index (κ3) is 3.96. The van der Waals surface area contributed by atoms with Gasteiger partial charge < -0.3 is 15.5 Å². The summed E-state index contributed by atoms with van der Waals surface area (Å²) in [6, 6.07) is 5.09. The molecule has 1 aromatic carbocycles. The van der Waals surface area contributed by atoms with Crippen LogP contribution in [-0.2, 0) is 14.8 Å². The van der Waals surface area contributed by atoms with E-state index in [-0.39, 0.29) is 11.4 Å². The van der Waals surface area contributed by atoms with Crippen LogP contribution >= 0.6 is 0 Å². The summed E-state index contributed by atoms with van der Waals surface area (Å²) < 4.78 is 32.4. The van der Waals surface area contributed by atoms with Crippen molar-refractivity contribution in [2.75, 3.05) is 25.5 Å². The normalized spacial score (nSPS) is 12.3. The van der Waals surface area contributed by atoms with Gasteiger partial charge in [0.05, 0.1) is 6.61 Å². The number of nitrogens with one attached hydrogen (secondary N) is 2. The van der Waals surface area contributed by atoms with Crippen LogP contribution in [0.5, 0.6) is 0 Å². The molecule has 0 atom stereocenters. The van der Waals surface area contributed by atoms with Gasteiger partial charge in [-0.05, 0) is 24.1 Å². The van der Waals surface area contributed by atoms with E-state index < -0.39 is 10.0 Å². The van der Waals surface area contributed by atoms with E-state index in [1.54, 1.807) is 18.2 Å². The number of nitrogen functional groups attached to an aromatic ring is 1. The van der Waals surface area contributed by atoms with Crippen LogP contribution < -0.4 is 10.5 Å². The van der Waals surface area contributed by atoms with Crippen LogP contribution in [0.1, 0.15) is 13.8 Å². The van der Waals surface area contributed by atoms with Crippen LogP contribution in [-0.4, -0.2) is 33.2 Å². The SMILES string of the molecule is CC(C)COCCNS(=O)(=O)c1c[nH]c2cc(N)ccc12. The van der Waals surface area contributed by atoms with Crippen molar-refractivity contribution in [3.63, 3.8) is 0 Å². The zero-order valence-electron chi connectivity index (χ0n) is 12.2. The molecule has 0 saturated heterocycles. The second-order valence-corrected chi connectivity index (χ2v) is 7.06. The Morgan fingerprint density at radius 3 is 2.86 bits per heavy atom. The van der Waals surface area contributed by atoms with E-state index >= 15 is 0 Å². The average molecular weight is 311 g/mol. The van der Waals surface area contributed by atoms with Gasteiger partial charge in [0.15, 0.2) is 0 Å². The molecule has 0 amide bonds. The van der Waals surface area contributed by atoms with Gasteiger partial charge in [-0.3, -0.25) is 0 Å². The average Bonchev–Trinajstić information content (AvgIpc) is 2.81. The molecule has 2 rings (SSSR count). The van der Waals surface area contributed by atoms with Crippen molar-refractivity contribution in [3.05, 3.63) is 24.4 Å². The molecule has 0 aliphatic heterocycles. The molecular formula is C14H21N3O3S. The molecule has 0 unspecified atom stereocenters. The molecule has 0 aliphatic carbocycles. The van der Waals surface area contributed by atoms with Crippen LogP contribution in [0.15, 0.2) is 29.3 Å². The Bertz CT molecular complexity index is 707. The number of aromatic nitrogens is 1. The minimum atomic E-state index is -3.56. The number of fused-ring (bicyclic) bond motifs is 1. The van der Waals surface area contributed by atoms with Crippen LogP contribution in [0, 0.1) is 5.92 Å². The lowest BCUT2D eigenvalue weighted by molar-refractivity contribution is 0.114. The second-order valence-electron chi connectivity index (χ2n) is 5.32. The van der Waals surface area contributed by atoms with E-state index in [1.807, 2.05) is 13.8 Å². The van der Waals surface area contributed by atoms with E-state index in [0.717, 1.165) is 0 Å². The van der Waals surface area contributed by atoms with Gasteiger partial charge in [0.25, 0.3) is 0 Å². The van der Waals surface area contributed by atoms with Crippen molar-refractivity contribution in [2.45, 2.75) is 18.7 Å². The number of sulfonamides is 1. The topological polar surface area (TPSA) is 97.2 Å². The van der Waals surface area contributed by atoms with E-state index in [9.17, 15) is 8.42 Å². The number of aromatic amines is 1. The standard InChI is InChI=1S/C14H21N3O3S/c1-10(2)9-20-6-5-17-21(18,19)14-8-16-13-7-11(15)3-4-12(13)14/h3-4,7-8,10,16-17H,5-6,9,15H2,1-2H3. The Balaban J connectivity index is 2.04. The van der Waals surface area contributed by atoms with Gasteiger partial charge in [-0.1, -0.05) is 13.8 Å². The summed E-state index contributed by atoms with van der Waals surface area (Å²) in [5, 5.41) is 0.625. The highest BCUT2D eigenvalue weighted by Gasteiger charge is 2.18. The molecule has 21 heavy (non-hydrogen) atoms. The van der Waals surface area contributed by atoms with Crippen molar-refractivity contribution in [1.29, 1.82) is 0 Å². The van der Waals surface area contributed by atoms with Gasteiger partial charge in [-0.15, -0.1) is 0 Å². The molecule has 1 heterocycles.